The summed E-state index contributed by atoms with van der Waals surface area (Å²) in [6.07, 6.45) is 4.02. The van der Waals surface area contributed by atoms with E-state index >= 15 is 0 Å². The van der Waals surface area contributed by atoms with Gasteiger partial charge in [-0.1, -0.05) is 0 Å². The average Bonchev–Trinajstić information content (AvgIpc) is 2.72. The van der Waals surface area contributed by atoms with Gasteiger partial charge in [0.2, 0.25) is 17.8 Å². The molecule has 0 unspecified atom stereocenters. The molecule has 0 spiro atoms. The van der Waals surface area contributed by atoms with Crippen molar-refractivity contribution in [2.75, 3.05) is 36.9 Å². The highest BCUT2D eigenvalue weighted by Crippen LogP contribution is 2.29. The first-order valence-corrected chi connectivity index (χ1v) is 10.4. The summed E-state index contributed by atoms with van der Waals surface area (Å²) in [4.78, 5) is 31.2. The highest BCUT2D eigenvalue weighted by atomic mass is 16.6. The Balaban J connectivity index is 1.46. The van der Waals surface area contributed by atoms with Gasteiger partial charge in [0, 0.05) is 56.0 Å². The molecule has 3 heterocycles. The number of aromatic nitrogens is 4. The highest BCUT2D eigenvalue weighted by molar-refractivity contribution is 5.68. The number of ether oxygens (including phenoxy) is 3. The van der Waals surface area contributed by atoms with Crippen LogP contribution in [0.25, 0.3) is 11.3 Å². The number of amides is 1. The summed E-state index contributed by atoms with van der Waals surface area (Å²) in [6, 6.07) is 1.80. The van der Waals surface area contributed by atoms with Crippen molar-refractivity contribution in [2.45, 2.75) is 44.9 Å². The minimum atomic E-state index is -0.402. The first-order valence-electron chi connectivity index (χ1n) is 10.4. The number of nitrogens with zero attached hydrogens (tertiary/aromatic N) is 5. The van der Waals surface area contributed by atoms with Crippen molar-refractivity contribution >= 4 is 18.0 Å². The van der Waals surface area contributed by atoms with Gasteiger partial charge in [0.05, 0.1) is 25.0 Å². The van der Waals surface area contributed by atoms with E-state index in [1.165, 1.54) is 0 Å². The Morgan fingerprint density at radius 1 is 1.23 bits per heavy atom. The van der Waals surface area contributed by atoms with Gasteiger partial charge < -0.3 is 30.2 Å². The van der Waals surface area contributed by atoms with Crippen molar-refractivity contribution in [3.8, 4) is 17.1 Å². The van der Waals surface area contributed by atoms with Crippen LogP contribution < -0.4 is 20.7 Å². The van der Waals surface area contributed by atoms with Gasteiger partial charge >= 0.3 is 6.09 Å². The van der Waals surface area contributed by atoms with Crippen LogP contribution in [0.1, 0.15) is 26.7 Å². The first kappa shape index (κ1) is 21.0. The van der Waals surface area contributed by atoms with E-state index < -0.39 is 6.09 Å². The van der Waals surface area contributed by atoms with Crippen molar-refractivity contribution in [3.63, 3.8) is 0 Å². The summed E-state index contributed by atoms with van der Waals surface area (Å²) in [5, 5.41) is 2.84. The van der Waals surface area contributed by atoms with Gasteiger partial charge in [0.25, 0.3) is 0 Å². The van der Waals surface area contributed by atoms with E-state index in [0.29, 0.717) is 56.7 Å². The van der Waals surface area contributed by atoms with Crippen LogP contribution in [0, 0.1) is 0 Å². The monoisotopic (exact) mass is 429 g/mol. The SMILES string of the molecule is CC(C)OC(=O)NC1CC(Oc2cc(-c3cnc(N)nc3)nc(N3CCOCC3)n2)C1. The third-order valence-corrected chi connectivity index (χ3v) is 5.00. The third kappa shape index (κ3) is 5.48. The van der Waals surface area contributed by atoms with Crippen molar-refractivity contribution in [2.24, 2.45) is 0 Å². The lowest BCUT2D eigenvalue weighted by Gasteiger charge is -2.35. The van der Waals surface area contributed by atoms with Crippen LogP contribution in [-0.4, -0.2) is 70.6 Å². The summed E-state index contributed by atoms with van der Waals surface area (Å²) in [5.74, 6) is 1.24. The number of nitrogen functional groups attached to an aromatic ring is 1. The quantitative estimate of drug-likeness (QED) is 0.693. The van der Waals surface area contributed by atoms with E-state index in [9.17, 15) is 4.79 Å². The summed E-state index contributed by atoms with van der Waals surface area (Å²) >= 11 is 0. The van der Waals surface area contributed by atoms with Crippen molar-refractivity contribution in [3.05, 3.63) is 18.5 Å². The maximum Gasteiger partial charge on any atom is 0.407 e. The van der Waals surface area contributed by atoms with Crippen LogP contribution in [0.5, 0.6) is 5.88 Å². The third-order valence-electron chi connectivity index (χ3n) is 5.00. The topological polar surface area (TPSA) is 138 Å². The molecule has 2 aliphatic rings. The molecule has 11 heteroatoms. The molecule has 3 N–H and O–H groups in total. The van der Waals surface area contributed by atoms with E-state index in [0.717, 1.165) is 5.56 Å². The number of morpholine rings is 1. The Morgan fingerprint density at radius 3 is 2.61 bits per heavy atom. The first-order chi connectivity index (χ1) is 15.0. The van der Waals surface area contributed by atoms with Gasteiger partial charge in [-0.3, -0.25) is 0 Å². The van der Waals surface area contributed by atoms with Crippen LogP contribution in [0.2, 0.25) is 0 Å². The summed E-state index contributed by atoms with van der Waals surface area (Å²) < 4.78 is 16.6. The smallest absolute Gasteiger partial charge is 0.407 e. The molecular formula is C20H27N7O4. The van der Waals surface area contributed by atoms with Crippen LogP contribution in [0.4, 0.5) is 16.7 Å². The lowest BCUT2D eigenvalue weighted by molar-refractivity contribution is 0.0660. The minimum absolute atomic E-state index is 0.0294. The number of hydrogen-bond donors (Lipinski definition) is 2. The van der Waals surface area contributed by atoms with Gasteiger partial charge in [0.1, 0.15) is 6.10 Å². The largest absolute Gasteiger partial charge is 0.474 e. The number of carbonyl (C=O) groups excluding carboxylic acids is 1. The fraction of sp³-hybridized carbons (Fsp3) is 0.550. The molecular weight excluding hydrogens is 402 g/mol. The molecule has 0 bridgehead atoms. The molecule has 0 atom stereocenters. The lowest BCUT2D eigenvalue weighted by atomic mass is 9.89. The number of carbonyl (C=O) groups is 1. The minimum Gasteiger partial charge on any atom is -0.474 e. The Hall–Kier alpha value is -3.21. The van der Waals surface area contributed by atoms with Crippen LogP contribution in [0.15, 0.2) is 18.5 Å². The van der Waals surface area contributed by atoms with Crippen molar-refractivity contribution in [1.82, 2.24) is 25.3 Å². The maximum atomic E-state index is 11.7. The van der Waals surface area contributed by atoms with Gasteiger partial charge in [-0.2, -0.15) is 4.98 Å². The second kappa shape index (κ2) is 9.29. The Morgan fingerprint density at radius 2 is 1.94 bits per heavy atom. The zero-order valence-corrected chi connectivity index (χ0v) is 17.7. The fourth-order valence-electron chi connectivity index (χ4n) is 3.36. The molecule has 2 aromatic heterocycles. The normalized spacial score (nSPS) is 20.8. The summed E-state index contributed by atoms with van der Waals surface area (Å²) in [7, 11) is 0. The average molecular weight is 429 g/mol. The zero-order valence-electron chi connectivity index (χ0n) is 17.7. The van der Waals surface area contributed by atoms with E-state index in [-0.39, 0.29) is 24.2 Å². The molecule has 0 radical (unpaired) electrons. The van der Waals surface area contributed by atoms with Crippen LogP contribution >= 0.6 is 0 Å². The van der Waals surface area contributed by atoms with E-state index in [2.05, 4.69) is 30.2 Å². The van der Waals surface area contributed by atoms with Gasteiger partial charge in [-0.25, -0.2) is 19.7 Å². The highest BCUT2D eigenvalue weighted by Gasteiger charge is 2.33. The number of hydrogen-bond acceptors (Lipinski definition) is 10. The molecule has 11 nitrogen and oxygen atoms in total. The predicted octanol–water partition coefficient (Wildman–Crippen LogP) is 1.40. The van der Waals surface area contributed by atoms with Crippen LogP contribution in [-0.2, 0) is 9.47 Å². The standard InChI is InChI=1S/C20H27N7O4/c1-12(2)30-20(28)24-14-7-15(8-14)31-17-9-16(13-10-22-18(21)23-11-13)25-19(26-17)27-3-5-29-6-4-27/h9-12,14-15H,3-8H2,1-2H3,(H,24,28)(H2,21,22,23). The Kier molecular flexibility index (Phi) is 6.31. The Labute approximate surface area is 180 Å². The van der Waals surface area contributed by atoms with Crippen LogP contribution in [0.3, 0.4) is 0 Å². The molecule has 1 aliphatic carbocycles. The molecule has 31 heavy (non-hydrogen) atoms. The number of anilines is 2. The molecule has 166 valence electrons. The number of rotatable bonds is 6. The second-order valence-electron chi connectivity index (χ2n) is 7.83. The molecule has 1 saturated heterocycles. The zero-order chi connectivity index (χ0) is 21.8. The summed E-state index contributed by atoms with van der Waals surface area (Å²) in [6.45, 7) is 6.28. The predicted molar refractivity (Wildman–Crippen MR) is 113 cm³/mol. The second-order valence-corrected chi connectivity index (χ2v) is 7.83. The van der Waals surface area contributed by atoms with Crippen molar-refractivity contribution in [1.29, 1.82) is 0 Å². The van der Waals surface area contributed by atoms with E-state index in [1.807, 2.05) is 13.8 Å². The Bertz CT molecular complexity index is 897. The lowest BCUT2D eigenvalue weighted by Crippen LogP contribution is -2.49. The maximum absolute atomic E-state index is 11.7. The molecule has 1 aliphatic heterocycles. The van der Waals surface area contributed by atoms with E-state index in [1.54, 1.807) is 18.5 Å². The molecule has 2 fully saturated rings. The molecule has 2 aromatic rings. The van der Waals surface area contributed by atoms with Gasteiger partial charge in [0.15, 0.2) is 0 Å². The number of nitrogens with two attached hydrogens (primary N) is 1. The number of nitrogens with one attached hydrogen (secondary N) is 1. The van der Waals surface area contributed by atoms with Gasteiger partial charge in [-0.05, 0) is 13.8 Å². The van der Waals surface area contributed by atoms with Crippen molar-refractivity contribution < 1.29 is 19.0 Å². The summed E-state index contributed by atoms with van der Waals surface area (Å²) in [5.41, 5.74) is 6.98. The molecule has 1 amide bonds. The number of alkyl carbamates (subject to hydrolysis) is 1. The van der Waals surface area contributed by atoms with Gasteiger partial charge in [-0.15, -0.1) is 0 Å². The molecule has 4 rings (SSSR count). The fourth-order valence-corrected chi connectivity index (χ4v) is 3.36. The molecule has 0 aromatic carbocycles. The molecule has 1 saturated carbocycles. The van der Waals surface area contributed by atoms with E-state index in [4.69, 9.17) is 19.9 Å².